The molecule has 0 spiro atoms. The van der Waals surface area contributed by atoms with Crippen LogP contribution in [0.5, 0.6) is 0 Å². The summed E-state index contributed by atoms with van der Waals surface area (Å²) in [7, 11) is -4.17. The van der Waals surface area contributed by atoms with Crippen molar-refractivity contribution in [3.63, 3.8) is 0 Å². The van der Waals surface area contributed by atoms with Gasteiger partial charge in [-0.3, -0.25) is 0 Å². The Balaban J connectivity index is 3.74. The quantitative estimate of drug-likeness (QED) is 0.379. The van der Waals surface area contributed by atoms with E-state index in [4.69, 9.17) is 8.85 Å². The maximum atomic E-state index is 7.26. The van der Waals surface area contributed by atoms with Crippen LogP contribution < -0.4 is 0 Å². The molecule has 0 aliphatic carbocycles. The SMILES string of the molecule is CCCCC1=C(O[Si](C)(C)C(C)(C)C)C(CCC)O[Si]1(C(C)(C)C)C(C)(C)C. The third-order valence-electron chi connectivity index (χ3n) is 6.95. The van der Waals surface area contributed by atoms with Gasteiger partial charge >= 0.3 is 0 Å². The largest absolute Gasteiger partial charge is 0.545 e. The highest BCUT2D eigenvalue weighted by molar-refractivity contribution is 6.87. The van der Waals surface area contributed by atoms with E-state index >= 15 is 0 Å². The van der Waals surface area contributed by atoms with Gasteiger partial charge in [0.15, 0.2) is 0 Å². The molecule has 0 aromatic heterocycles. The minimum atomic E-state index is -2.25. The molecule has 1 heterocycles. The summed E-state index contributed by atoms with van der Waals surface area (Å²) in [5.41, 5.74) is 0. The van der Waals surface area contributed by atoms with Crippen LogP contribution in [-0.4, -0.2) is 22.7 Å². The Labute approximate surface area is 179 Å². The van der Waals surface area contributed by atoms with Gasteiger partial charge in [0.2, 0.25) is 16.6 Å². The molecule has 0 amide bonds. The van der Waals surface area contributed by atoms with Crippen molar-refractivity contribution in [1.82, 2.24) is 0 Å². The van der Waals surface area contributed by atoms with E-state index in [1.165, 1.54) is 18.6 Å². The molecule has 2 nitrogen and oxygen atoms in total. The lowest BCUT2D eigenvalue weighted by Crippen LogP contribution is -2.55. The van der Waals surface area contributed by atoms with Gasteiger partial charge in [-0.15, -0.1) is 0 Å². The highest BCUT2D eigenvalue weighted by Gasteiger charge is 2.63. The molecule has 0 bridgehead atoms. The first-order chi connectivity index (χ1) is 12.5. The molecular formula is C24H50O2Si2. The molecule has 1 rings (SSSR count). The molecule has 1 aliphatic rings. The normalized spacial score (nSPS) is 21.4. The van der Waals surface area contributed by atoms with Crippen molar-refractivity contribution in [2.45, 2.75) is 143 Å². The lowest BCUT2D eigenvalue weighted by molar-refractivity contribution is 0.162. The zero-order valence-corrected chi connectivity index (χ0v) is 23.4. The molecule has 0 radical (unpaired) electrons. The summed E-state index contributed by atoms with van der Waals surface area (Å²) in [4.78, 5) is 0. The highest BCUT2D eigenvalue weighted by Crippen LogP contribution is 2.61. The second kappa shape index (κ2) is 8.59. The van der Waals surface area contributed by atoms with Crippen molar-refractivity contribution >= 4 is 16.6 Å². The second-order valence-electron chi connectivity index (χ2n) is 12.4. The van der Waals surface area contributed by atoms with E-state index in [1.54, 1.807) is 5.20 Å². The number of hydrogen-bond acceptors (Lipinski definition) is 2. The second-order valence-corrected chi connectivity index (χ2v) is 22.3. The van der Waals surface area contributed by atoms with Crippen molar-refractivity contribution in [3.8, 4) is 0 Å². The van der Waals surface area contributed by atoms with Crippen LogP contribution in [0.25, 0.3) is 0 Å². The topological polar surface area (TPSA) is 18.5 Å². The van der Waals surface area contributed by atoms with E-state index in [-0.39, 0.29) is 21.2 Å². The lowest BCUT2D eigenvalue weighted by atomic mass is 10.1. The smallest absolute Gasteiger partial charge is 0.250 e. The predicted octanol–water partition coefficient (Wildman–Crippen LogP) is 8.74. The maximum Gasteiger partial charge on any atom is 0.250 e. The minimum Gasteiger partial charge on any atom is -0.545 e. The van der Waals surface area contributed by atoms with Gasteiger partial charge in [0, 0.05) is 0 Å². The Bertz CT molecular complexity index is 543. The van der Waals surface area contributed by atoms with Crippen LogP contribution in [0.15, 0.2) is 11.0 Å². The molecule has 0 aromatic carbocycles. The van der Waals surface area contributed by atoms with Crippen molar-refractivity contribution in [2.24, 2.45) is 0 Å². The molecule has 0 saturated carbocycles. The van der Waals surface area contributed by atoms with E-state index in [0.717, 1.165) is 19.3 Å². The third-order valence-corrected chi connectivity index (χ3v) is 17.5. The molecule has 4 heteroatoms. The molecule has 28 heavy (non-hydrogen) atoms. The molecule has 0 fully saturated rings. The van der Waals surface area contributed by atoms with E-state index in [9.17, 15) is 0 Å². The molecular weight excluding hydrogens is 376 g/mol. The van der Waals surface area contributed by atoms with E-state index < -0.39 is 16.6 Å². The summed E-state index contributed by atoms with van der Waals surface area (Å²) in [5, 5.41) is 2.07. The highest BCUT2D eigenvalue weighted by atomic mass is 28.4. The van der Waals surface area contributed by atoms with Gasteiger partial charge in [0.25, 0.3) is 0 Å². The standard InChI is InChI=1S/C24H50O2Si2/c1-14-16-18-20-21(26-27(12,13)22(3,4)5)19(17-15-2)25-28(20,23(6,7)8)24(9,10)11/h19H,14-18H2,1-13H3. The first-order valence-electron chi connectivity index (χ1n) is 11.6. The van der Waals surface area contributed by atoms with Crippen LogP contribution in [0, 0.1) is 0 Å². The van der Waals surface area contributed by atoms with Gasteiger partial charge in [0.05, 0.1) is 0 Å². The Hall–Kier alpha value is -0.0662. The van der Waals surface area contributed by atoms with Gasteiger partial charge in [-0.05, 0) is 52.7 Å². The summed E-state index contributed by atoms with van der Waals surface area (Å²) in [6.07, 6.45) is 5.93. The molecule has 1 unspecified atom stereocenters. The minimum absolute atomic E-state index is 0.138. The van der Waals surface area contributed by atoms with E-state index in [0.29, 0.717) is 0 Å². The molecule has 0 aromatic rings. The van der Waals surface area contributed by atoms with Gasteiger partial charge < -0.3 is 8.85 Å². The monoisotopic (exact) mass is 426 g/mol. The first-order valence-corrected chi connectivity index (χ1v) is 16.4. The fourth-order valence-electron chi connectivity index (χ4n) is 4.75. The summed E-state index contributed by atoms with van der Waals surface area (Å²) in [6, 6.07) is 0. The van der Waals surface area contributed by atoms with Crippen LogP contribution >= 0.6 is 0 Å². The summed E-state index contributed by atoms with van der Waals surface area (Å²) in [6.45, 7) is 30.8. The Morgan fingerprint density at radius 2 is 1.39 bits per heavy atom. The van der Waals surface area contributed by atoms with Crippen LogP contribution in [0.3, 0.4) is 0 Å². The van der Waals surface area contributed by atoms with Crippen molar-refractivity contribution in [2.75, 3.05) is 0 Å². The van der Waals surface area contributed by atoms with Gasteiger partial charge in [-0.25, -0.2) is 0 Å². The van der Waals surface area contributed by atoms with Crippen molar-refractivity contribution in [3.05, 3.63) is 11.0 Å². The Kier molecular flexibility index (Phi) is 7.96. The molecule has 166 valence electrons. The van der Waals surface area contributed by atoms with Crippen LogP contribution in [0.1, 0.15) is 108 Å². The molecule has 0 N–H and O–H groups in total. The zero-order valence-electron chi connectivity index (χ0n) is 21.4. The van der Waals surface area contributed by atoms with Crippen LogP contribution in [-0.2, 0) is 8.85 Å². The van der Waals surface area contributed by atoms with Crippen molar-refractivity contribution < 1.29 is 8.85 Å². The number of rotatable bonds is 7. The van der Waals surface area contributed by atoms with E-state index in [1.807, 2.05) is 0 Å². The molecule has 1 aliphatic heterocycles. The summed E-state index contributed by atoms with van der Waals surface area (Å²) < 4.78 is 14.4. The van der Waals surface area contributed by atoms with Gasteiger partial charge in [0.1, 0.15) is 11.9 Å². The number of hydrogen-bond donors (Lipinski definition) is 0. The van der Waals surface area contributed by atoms with Crippen molar-refractivity contribution in [1.29, 1.82) is 0 Å². The molecule has 1 atom stereocenters. The Morgan fingerprint density at radius 1 is 0.893 bits per heavy atom. The fourth-order valence-corrected chi connectivity index (χ4v) is 12.6. The van der Waals surface area contributed by atoms with E-state index in [2.05, 4.69) is 89.3 Å². The Morgan fingerprint density at radius 3 is 1.75 bits per heavy atom. The number of unbranched alkanes of at least 4 members (excludes halogenated alkanes) is 1. The summed E-state index contributed by atoms with van der Waals surface area (Å²) in [5.74, 6) is 1.26. The summed E-state index contributed by atoms with van der Waals surface area (Å²) >= 11 is 0. The first kappa shape index (κ1) is 26.0. The van der Waals surface area contributed by atoms with Gasteiger partial charge in [-0.1, -0.05) is 89.0 Å². The maximum absolute atomic E-state index is 7.26. The van der Waals surface area contributed by atoms with Crippen LogP contribution in [0.2, 0.25) is 28.2 Å². The van der Waals surface area contributed by atoms with Gasteiger partial charge in [-0.2, -0.15) is 0 Å². The van der Waals surface area contributed by atoms with Crippen LogP contribution in [0.4, 0.5) is 0 Å². The lowest BCUT2D eigenvalue weighted by Gasteiger charge is -2.49. The predicted molar refractivity (Wildman–Crippen MR) is 130 cm³/mol. The number of allylic oxidation sites excluding steroid dienone is 1. The average Bonchev–Trinajstić information content (AvgIpc) is 2.78. The third kappa shape index (κ3) is 4.80. The zero-order chi connectivity index (χ0) is 22.2. The fraction of sp³-hybridized carbons (Fsp3) is 0.917. The molecule has 0 saturated heterocycles. The average molecular weight is 427 g/mol.